The number of likely N-dealkylation sites (N-methyl/N-ethyl adjacent to an activating group) is 1. The van der Waals surface area contributed by atoms with Crippen LogP contribution in [0.15, 0.2) is 0 Å². The van der Waals surface area contributed by atoms with Gasteiger partial charge < -0.3 is 10.2 Å². The van der Waals surface area contributed by atoms with Crippen molar-refractivity contribution >= 4 is 33.3 Å². The summed E-state index contributed by atoms with van der Waals surface area (Å²) in [7, 11) is 3.79. The molecule has 0 atom stereocenters. The summed E-state index contributed by atoms with van der Waals surface area (Å²) < 4.78 is 0. The molecule has 2 aliphatic rings. The van der Waals surface area contributed by atoms with Crippen LogP contribution in [-0.2, 0) is 24.1 Å². The summed E-state index contributed by atoms with van der Waals surface area (Å²) in [5.74, 6) is 1.64. The van der Waals surface area contributed by atoms with E-state index >= 15 is 0 Å². The van der Waals surface area contributed by atoms with Gasteiger partial charge in [-0.1, -0.05) is 0 Å². The molecule has 1 fully saturated rings. The van der Waals surface area contributed by atoms with Crippen LogP contribution in [-0.4, -0.2) is 36.0 Å². The van der Waals surface area contributed by atoms with Gasteiger partial charge in [0.2, 0.25) is 5.91 Å². The van der Waals surface area contributed by atoms with Crippen molar-refractivity contribution in [3.8, 4) is 0 Å². The zero-order valence-corrected chi connectivity index (χ0v) is 14.5. The van der Waals surface area contributed by atoms with Crippen LogP contribution >= 0.6 is 11.3 Å². The van der Waals surface area contributed by atoms with E-state index in [1.165, 1.54) is 41.5 Å². The number of hydrogen-bond acceptors (Lipinski definition) is 5. The molecule has 0 radical (unpaired) electrons. The van der Waals surface area contributed by atoms with Gasteiger partial charge >= 0.3 is 0 Å². The highest BCUT2D eigenvalue weighted by Crippen LogP contribution is 2.41. The average molecular weight is 330 g/mol. The third kappa shape index (κ3) is 2.69. The van der Waals surface area contributed by atoms with Crippen LogP contribution in [0, 0.1) is 0 Å². The SMILES string of the molecule is CNC(=O)Cc1nc(N(C)C2CC2)c2c3c(sc2n1)CCCC3. The molecule has 1 saturated carbocycles. The Morgan fingerprint density at radius 3 is 2.83 bits per heavy atom. The molecule has 1 amide bonds. The first-order valence-electron chi connectivity index (χ1n) is 8.42. The number of carbonyl (C=O) groups is 1. The highest BCUT2D eigenvalue weighted by molar-refractivity contribution is 7.19. The predicted octanol–water partition coefficient (Wildman–Crippen LogP) is 2.46. The van der Waals surface area contributed by atoms with Crippen LogP contribution < -0.4 is 10.2 Å². The fourth-order valence-corrected chi connectivity index (χ4v) is 4.66. The van der Waals surface area contributed by atoms with Crippen molar-refractivity contribution in [1.29, 1.82) is 0 Å². The summed E-state index contributed by atoms with van der Waals surface area (Å²) in [5, 5.41) is 3.91. The number of hydrogen-bond donors (Lipinski definition) is 1. The molecule has 0 unspecified atom stereocenters. The van der Waals surface area contributed by atoms with Crippen LogP contribution in [0.2, 0.25) is 0 Å². The highest BCUT2D eigenvalue weighted by Gasteiger charge is 2.31. The normalized spacial score (nSPS) is 17.1. The maximum absolute atomic E-state index is 11.7. The molecule has 0 aromatic carbocycles. The molecule has 0 bridgehead atoms. The Morgan fingerprint density at radius 1 is 1.30 bits per heavy atom. The Balaban J connectivity index is 1.86. The molecule has 5 nitrogen and oxygen atoms in total. The van der Waals surface area contributed by atoms with E-state index in [-0.39, 0.29) is 12.3 Å². The molecule has 1 N–H and O–H groups in total. The van der Waals surface area contributed by atoms with Gasteiger partial charge in [-0.15, -0.1) is 11.3 Å². The molecule has 2 aromatic heterocycles. The van der Waals surface area contributed by atoms with Crippen LogP contribution in [0.5, 0.6) is 0 Å². The molecule has 4 rings (SSSR count). The number of amides is 1. The van der Waals surface area contributed by atoms with E-state index in [0.29, 0.717) is 11.9 Å². The maximum atomic E-state index is 11.7. The first-order valence-corrected chi connectivity index (χ1v) is 9.23. The van der Waals surface area contributed by atoms with E-state index in [0.717, 1.165) is 23.5 Å². The summed E-state index contributed by atoms with van der Waals surface area (Å²) in [6.07, 6.45) is 7.54. The smallest absolute Gasteiger partial charge is 0.227 e. The molecule has 0 saturated heterocycles. The van der Waals surface area contributed by atoms with Gasteiger partial charge in [-0.05, 0) is 44.1 Å². The van der Waals surface area contributed by atoms with Crippen LogP contribution in [0.25, 0.3) is 10.2 Å². The van der Waals surface area contributed by atoms with Gasteiger partial charge in [-0.3, -0.25) is 4.79 Å². The number of carbonyl (C=O) groups excluding carboxylic acids is 1. The lowest BCUT2D eigenvalue weighted by molar-refractivity contribution is -0.120. The average Bonchev–Trinajstić information content (AvgIpc) is 3.34. The molecule has 122 valence electrons. The third-order valence-electron chi connectivity index (χ3n) is 4.87. The lowest BCUT2D eigenvalue weighted by atomic mass is 9.97. The van der Waals surface area contributed by atoms with Crippen molar-refractivity contribution in [2.45, 2.75) is 51.0 Å². The molecule has 23 heavy (non-hydrogen) atoms. The van der Waals surface area contributed by atoms with Crippen molar-refractivity contribution in [1.82, 2.24) is 15.3 Å². The second-order valence-corrected chi connectivity index (χ2v) is 7.63. The summed E-state index contributed by atoms with van der Waals surface area (Å²) in [6.45, 7) is 0. The third-order valence-corrected chi connectivity index (χ3v) is 6.05. The lowest BCUT2D eigenvalue weighted by Gasteiger charge is -2.20. The van der Waals surface area contributed by atoms with Crippen LogP contribution in [0.3, 0.4) is 0 Å². The zero-order valence-electron chi connectivity index (χ0n) is 13.7. The maximum Gasteiger partial charge on any atom is 0.227 e. The van der Waals surface area contributed by atoms with Crippen LogP contribution in [0.4, 0.5) is 5.82 Å². The minimum absolute atomic E-state index is 0.0364. The van der Waals surface area contributed by atoms with Gasteiger partial charge in [0.25, 0.3) is 0 Å². The molecular weight excluding hydrogens is 308 g/mol. The van der Waals surface area contributed by atoms with Gasteiger partial charge in [-0.2, -0.15) is 0 Å². The molecule has 2 aliphatic carbocycles. The number of rotatable bonds is 4. The van der Waals surface area contributed by atoms with Gasteiger partial charge in [0.15, 0.2) is 0 Å². The Bertz CT molecular complexity index is 766. The van der Waals surface area contributed by atoms with Crippen molar-refractivity contribution in [2.24, 2.45) is 0 Å². The zero-order chi connectivity index (χ0) is 16.0. The van der Waals surface area contributed by atoms with Crippen molar-refractivity contribution in [3.05, 3.63) is 16.3 Å². The second-order valence-electron chi connectivity index (χ2n) is 6.55. The van der Waals surface area contributed by atoms with Crippen molar-refractivity contribution in [3.63, 3.8) is 0 Å². The predicted molar refractivity (Wildman–Crippen MR) is 93.3 cm³/mol. The Hall–Kier alpha value is -1.69. The van der Waals surface area contributed by atoms with E-state index in [1.807, 2.05) is 0 Å². The van der Waals surface area contributed by atoms with Crippen molar-refractivity contribution in [2.75, 3.05) is 19.0 Å². The number of nitrogens with zero attached hydrogens (tertiary/aromatic N) is 3. The first kappa shape index (κ1) is 14.9. The molecule has 6 heteroatoms. The lowest BCUT2D eigenvalue weighted by Crippen LogP contribution is -2.24. The number of fused-ring (bicyclic) bond motifs is 3. The summed E-state index contributed by atoms with van der Waals surface area (Å²) >= 11 is 1.80. The molecular formula is C17H22N4OS. The quantitative estimate of drug-likeness (QED) is 0.935. The fourth-order valence-electron chi connectivity index (χ4n) is 3.38. The first-order chi connectivity index (χ1) is 11.2. The summed E-state index contributed by atoms with van der Waals surface area (Å²) in [4.78, 5) is 26.1. The van der Waals surface area contributed by atoms with E-state index in [1.54, 1.807) is 18.4 Å². The highest BCUT2D eigenvalue weighted by atomic mass is 32.1. The van der Waals surface area contributed by atoms with E-state index in [9.17, 15) is 4.79 Å². The summed E-state index contributed by atoms with van der Waals surface area (Å²) in [6, 6.07) is 0.597. The number of aryl methyl sites for hydroxylation is 2. The standard InChI is InChI=1S/C17H22N4OS/c1-18-14(22)9-13-19-16(21(2)10-7-8-10)15-11-5-3-4-6-12(11)23-17(15)20-13/h10H,3-9H2,1-2H3,(H,18,22). The van der Waals surface area contributed by atoms with E-state index in [2.05, 4.69) is 17.3 Å². The summed E-state index contributed by atoms with van der Waals surface area (Å²) in [5.41, 5.74) is 1.46. The number of aromatic nitrogens is 2. The van der Waals surface area contributed by atoms with Gasteiger partial charge in [-0.25, -0.2) is 9.97 Å². The van der Waals surface area contributed by atoms with E-state index in [4.69, 9.17) is 9.97 Å². The molecule has 2 aromatic rings. The van der Waals surface area contributed by atoms with Gasteiger partial charge in [0, 0.05) is 25.0 Å². The Labute approximate surface area is 140 Å². The second kappa shape index (κ2) is 5.74. The minimum atomic E-state index is -0.0364. The van der Waals surface area contributed by atoms with E-state index < -0.39 is 0 Å². The van der Waals surface area contributed by atoms with Crippen LogP contribution in [0.1, 0.15) is 41.9 Å². The van der Waals surface area contributed by atoms with Gasteiger partial charge in [0.1, 0.15) is 16.5 Å². The number of thiophene rings is 1. The Morgan fingerprint density at radius 2 is 2.09 bits per heavy atom. The Kier molecular flexibility index (Phi) is 3.71. The van der Waals surface area contributed by atoms with Gasteiger partial charge in [0.05, 0.1) is 11.8 Å². The number of anilines is 1. The monoisotopic (exact) mass is 330 g/mol. The molecule has 0 spiro atoms. The number of nitrogens with one attached hydrogen (secondary N) is 1. The largest absolute Gasteiger partial charge is 0.359 e. The fraction of sp³-hybridized carbons (Fsp3) is 0.588. The minimum Gasteiger partial charge on any atom is -0.359 e. The topological polar surface area (TPSA) is 58.1 Å². The van der Waals surface area contributed by atoms with Crippen molar-refractivity contribution < 1.29 is 4.79 Å². The molecule has 0 aliphatic heterocycles. The molecule has 2 heterocycles.